The molecule has 0 saturated heterocycles. The Bertz CT molecular complexity index is 703. The van der Waals surface area contributed by atoms with E-state index in [0.29, 0.717) is 11.3 Å². The minimum absolute atomic E-state index is 0.0648. The lowest BCUT2D eigenvalue weighted by molar-refractivity contribution is 0.0691. The summed E-state index contributed by atoms with van der Waals surface area (Å²) in [6.07, 6.45) is 1.40. The number of rotatable bonds is 4. The van der Waals surface area contributed by atoms with Crippen LogP contribution in [0.4, 0.5) is 5.69 Å². The predicted octanol–water partition coefficient (Wildman–Crippen LogP) is 2.14. The van der Waals surface area contributed by atoms with Gasteiger partial charge in [-0.2, -0.15) is 10.4 Å². The van der Waals surface area contributed by atoms with Crippen molar-refractivity contribution in [2.45, 2.75) is 11.8 Å². The molecule has 0 saturated carbocycles. The molecule has 0 fully saturated rings. The van der Waals surface area contributed by atoms with Gasteiger partial charge < -0.3 is 10.8 Å². The molecule has 6 nitrogen and oxygen atoms in total. The third-order valence-electron chi connectivity index (χ3n) is 2.61. The highest BCUT2D eigenvalue weighted by Gasteiger charge is 2.16. The molecule has 0 amide bonds. The summed E-state index contributed by atoms with van der Waals surface area (Å²) >= 11 is 1.54. The van der Waals surface area contributed by atoms with Crippen LogP contribution in [0.2, 0.25) is 0 Å². The molecule has 0 aliphatic heterocycles. The molecule has 102 valence electrons. The van der Waals surface area contributed by atoms with Crippen LogP contribution in [0.5, 0.6) is 0 Å². The van der Waals surface area contributed by atoms with E-state index in [9.17, 15) is 10.1 Å². The number of nitrogen functional groups attached to an aromatic ring is 1. The number of carbonyl (C=O) groups is 1. The molecule has 1 aromatic heterocycles. The van der Waals surface area contributed by atoms with E-state index < -0.39 is 5.97 Å². The summed E-state index contributed by atoms with van der Waals surface area (Å²) in [6.45, 7) is 1.99. The van der Waals surface area contributed by atoms with E-state index in [1.54, 1.807) is 23.9 Å². The van der Waals surface area contributed by atoms with Crippen LogP contribution < -0.4 is 5.73 Å². The Labute approximate surface area is 119 Å². The maximum absolute atomic E-state index is 11.0. The minimum atomic E-state index is -1.20. The zero-order chi connectivity index (χ0) is 14.7. The fourth-order valence-electron chi connectivity index (χ4n) is 1.78. The van der Waals surface area contributed by atoms with Crippen LogP contribution in [0, 0.1) is 11.3 Å². The van der Waals surface area contributed by atoms with Gasteiger partial charge in [-0.3, -0.25) is 0 Å². The highest BCUT2D eigenvalue weighted by Crippen LogP contribution is 2.27. The van der Waals surface area contributed by atoms with Crippen LogP contribution >= 0.6 is 11.8 Å². The lowest BCUT2D eigenvalue weighted by Crippen LogP contribution is -2.04. The van der Waals surface area contributed by atoms with Crippen molar-refractivity contribution in [1.29, 1.82) is 5.26 Å². The van der Waals surface area contributed by atoms with Crippen LogP contribution in [-0.2, 0) is 0 Å². The SMILES string of the molecule is CCSc1cccc(-n2cc(N)c(C(=O)O)n2)c1C#N. The van der Waals surface area contributed by atoms with Gasteiger partial charge in [0.1, 0.15) is 6.07 Å². The van der Waals surface area contributed by atoms with Gasteiger partial charge in [0, 0.05) is 4.90 Å². The first-order valence-corrected chi connectivity index (χ1v) is 6.81. The molecule has 7 heteroatoms. The first kappa shape index (κ1) is 14.0. The average Bonchev–Trinajstić information content (AvgIpc) is 2.81. The summed E-state index contributed by atoms with van der Waals surface area (Å²) in [5, 5.41) is 22.2. The van der Waals surface area contributed by atoms with Gasteiger partial charge in [0.25, 0.3) is 0 Å². The maximum atomic E-state index is 11.0. The van der Waals surface area contributed by atoms with Gasteiger partial charge in [-0.15, -0.1) is 11.8 Å². The fourth-order valence-corrected chi connectivity index (χ4v) is 2.56. The Morgan fingerprint density at radius 2 is 2.35 bits per heavy atom. The molecule has 0 spiro atoms. The van der Waals surface area contributed by atoms with Crippen LogP contribution in [0.15, 0.2) is 29.3 Å². The lowest BCUT2D eigenvalue weighted by atomic mass is 10.2. The summed E-state index contributed by atoms with van der Waals surface area (Å²) < 4.78 is 1.33. The molecule has 0 unspecified atom stereocenters. The van der Waals surface area contributed by atoms with Crippen molar-refractivity contribution in [2.75, 3.05) is 11.5 Å². The number of aromatic nitrogens is 2. The van der Waals surface area contributed by atoms with Gasteiger partial charge >= 0.3 is 5.97 Å². The number of nitriles is 1. The van der Waals surface area contributed by atoms with E-state index >= 15 is 0 Å². The molecule has 0 radical (unpaired) electrons. The normalized spacial score (nSPS) is 10.2. The molecular weight excluding hydrogens is 276 g/mol. The van der Waals surface area contributed by atoms with Gasteiger partial charge in [-0.1, -0.05) is 13.0 Å². The average molecular weight is 288 g/mol. The number of carboxylic acid groups (broad SMARTS) is 1. The van der Waals surface area contributed by atoms with Crippen molar-refractivity contribution < 1.29 is 9.90 Å². The van der Waals surface area contributed by atoms with Crippen LogP contribution in [0.25, 0.3) is 5.69 Å². The number of aromatic carboxylic acids is 1. The molecule has 0 aliphatic carbocycles. The fraction of sp³-hybridized carbons (Fsp3) is 0.154. The van der Waals surface area contributed by atoms with Crippen LogP contribution in [0.3, 0.4) is 0 Å². The Kier molecular flexibility index (Phi) is 3.96. The Morgan fingerprint density at radius 3 is 2.90 bits per heavy atom. The number of hydrogen-bond acceptors (Lipinski definition) is 5. The van der Waals surface area contributed by atoms with Gasteiger partial charge in [-0.05, 0) is 17.9 Å². The van der Waals surface area contributed by atoms with Crippen LogP contribution in [-0.4, -0.2) is 26.6 Å². The molecule has 0 atom stereocenters. The van der Waals surface area contributed by atoms with E-state index in [4.69, 9.17) is 10.8 Å². The van der Waals surface area contributed by atoms with E-state index in [-0.39, 0.29) is 11.4 Å². The number of nitrogens with zero attached hydrogens (tertiary/aromatic N) is 3. The van der Waals surface area contributed by atoms with Gasteiger partial charge in [-0.25, -0.2) is 9.48 Å². The molecule has 0 aliphatic rings. The van der Waals surface area contributed by atoms with Crippen molar-refractivity contribution in [3.8, 4) is 11.8 Å². The summed E-state index contributed by atoms with van der Waals surface area (Å²) in [5.41, 5.74) is 6.44. The van der Waals surface area contributed by atoms with E-state index in [1.165, 1.54) is 10.9 Å². The molecule has 20 heavy (non-hydrogen) atoms. The maximum Gasteiger partial charge on any atom is 0.358 e. The van der Waals surface area contributed by atoms with Gasteiger partial charge in [0.2, 0.25) is 0 Å². The predicted molar refractivity (Wildman–Crippen MR) is 76.0 cm³/mol. The van der Waals surface area contributed by atoms with Gasteiger partial charge in [0.05, 0.1) is 23.1 Å². The van der Waals surface area contributed by atoms with Crippen molar-refractivity contribution >= 4 is 23.4 Å². The summed E-state index contributed by atoms with van der Waals surface area (Å²) in [5.74, 6) is -0.362. The first-order chi connectivity index (χ1) is 9.58. The zero-order valence-corrected chi connectivity index (χ0v) is 11.5. The van der Waals surface area contributed by atoms with Crippen LogP contribution in [0.1, 0.15) is 23.0 Å². The second kappa shape index (κ2) is 5.67. The number of thioether (sulfide) groups is 1. The molecule has 2 rings (SSSR count). The molecule has 0 bridgehead atoms. The topological polar surface area (TPSA) is 105 Å². The molecular formula is C13H12N4O2S. The monoisotopic (exact) mass is 288 g/mol. The highest BCUT2D eigenvalue weighted by atomic mass is 32.2. The number of nitrogens with two attached hydrogens (primary N) is 1. The molecule has 1 heterocycles. The summed E-state index contributed by atoms with van der Waals surface area (Å²) in [7, 11) is 0. The molecule has 2 aromatic rings. The van der Waals surface area contributed by atoms with E-state index in [2.05, 4.69) is 11.2 Å². The molecule has 1 aromatic carbocycles. The first-order valence-electron chi connectivity index (χ1n) is 5.83. The Hall–Kier alpha value is -2.46. The summed E-state index contributed by atoms with van der Waals surface area (Å²) in [4.78, 5) is 11.8. The Balaban J connectivity index is 2.58. The van der Waals surface area contributed by atoms with Crippen molar-refractivity contribution in [1.82, 2.24) is 9.78 Å². The quantitative estimate of drug-likeness (QED) is 0.835. The second-order valence-corrected chi connectivity index (χ2v) is 5.18. The number of benzene rings is 1. The second-order valence-electron chi connectivity index (χ2n) is 3.88. The number of carboxylic acids is 1. The smallest absolute Gasteiger partial charge is 0.358 e. The largest absolute Gasteiger partial charge is 0.476 e. The van der Waals surface area contributed by atoms with E-state index in [0.717, 1.165) is 10.6 Å². The van der Waals surface area contributed by atoms with E-state index in [1.807, 2.05) is 13.0 Å². The summed E-state index contributed by atoms with van der Waals surface area (Å²) in [6, 6.07) is 7.49. The number of hydrogen-bond donors (Lipinski definition) is 2. The standard InChI is InChI=1S/C13H12N4O2S/c1-2-20-11-5-3-4-10(8(11)6-14)17-7-9(15)12(16-17)13(18)19/h3-5,7H,2,15H2,1H3,(H,18,19). The minimum Gasteiger partial charge on any atom is -0.476 e. The molecule has 3 N–H and O–H groups in total. The van der Waals surface area contributed by atoms with Crippen molar-refractivity contribution in [3.05, 3.63) is 35.7 Å². The highest BCUT2D eigenvalue weighted by molar-refractivity contribution is 7.99. The Morgan fingerprint density at radius 1 is 1.60 bits per heavy atom. The lowest BCUT2D eigenvalue weighted by Gasteiger charge is -2.08. The number of anilines is 1. The zero-order valence-electron chi connectivity index (χ0n) is 10.7. The van der Waals surface area contributed by atoms with Crippen molar-refractivity contribution in [3.63, 3.8) is 0 Å². The van der Waals surface area contributed by atoms with Gasteiger partial charge in [0.15, 0.2) is 5.69 Å². The third kappa shape index (κ3) is 2.46. The van der Waals surface area contributed by atoms with Crippen molar-refractivity contribution in [2.24, 2.45) is 0 Å². The third-order valence-corrected chi connectivity index (χ3v) is 3.55.